The van der Waals surface area contributed by atoms with E-state index in [-0.39, 0.29) is 0 Å². The number of rotatable bonds is 5. The molecule has 1 amide bonds. The molecule has 0 bridgehead atoms. The standard InChI is InChI=1S/C12H15NO4S/c1-3-10(11(14)17-18-2)13-12(15)16-9-7-5-4-6-8-9/h4-8,10H,3H2,1-2H3,(H,13,15). The van der Waals surface area contributed by atoms with Crippen molar-refractivity contribution in [2.75, 3.05) is 6.26 Å². The number of carbonyl (C=O) groups excluding carboxylic acids is 2. The first-order chi connectivity index (χ1) is 8.67. The topological polar surface area (TPSA) is 64.6 Å². The predicted molar refractivity (Wildman–Crippen MR) is 69.3 cm³/mol. The second-order valence-electron chi connectivity index (χ2n) is 3.38. The summed E-state index contributed by atoms with van der Waals surface area (Å²) in [6.07, 6.45) is 1.39. The molecule has 98 valence electrons. The van der Waals surface area contributed by atoms with E-state index < -0.39 is 18.1 Å². The second-order valence-corrected chi connectivity index (χ2v) is 3.88. The molecule has 5 nitrogen and oxygen atoms in total. The summed E-state index contributed by atoms with van der Waals surface area (Å²) in [5.41, 5.74) is 0. The van der Waals surface area contributed by atoms with Crippen molar-refractivity contribution in [3.05, 3.63) is 30.3 Å². The molecule has 1 aromatic carbocycles. The summed E-state index contributed by atoms with van der Waals surface area (Å²) in [5.74, 6) is -0.0712. The van der Waals surface area contributed by atoms with Gasteiger partial charge in [-0.25, -0.2) is 9.59 Å². The zero-order valence-electron chi connectivity index (χ0n) is 10.2. The van der Waals surface area contributed by atoms with Crippen LogP contribution in [0, 0.1) is 0 Å². The third-order valence-corrected chi connectivity index (χ3v) is 2.44. The van der Waals surface area contributed by atoms with Gasteiger partial charge in [-0.2, -0.15) is 0 Å². The van der Waals surface area contributed by atoms with Crippen LogP contribution in [0.3, 0.4) is 0 Å². The quantitative estimate of drug-likeness (QED) is 0.831. The molecule has 18 heavy (non-hydrogen) atoms. The first-order valence-corrected chi connectivity index (χ1v) is 6.60. The van der Waals surface area contributed by atoms with Crippen molar-refractivity contribution >= 4 is 24.1 Å². The molecule has 0 saturated heterocycles. The van der Waals surface area contributed by atoms with Gasteiger partial charge in [-0.15, -0.1) is 0 Å². The molecule has 1 atom stereocenters. The molecule has 0 aliphatic carbocycles. The molecule has 0 spiro atoms. The summed E-state index contributed by atoms with van der Waals surface area (Å²) >= 11 is 0.943. The van der Waals surface area contributed by atoms with Gasteiger partial charge in [0.2, 0.25) is 0 Å². The van der Waals surface area contributed by atoms with Gasteiger partial charge in [0.05, 0.1) is 12.0 Å². The number of carbonyl (C=O) groups is 2. The fraction of sp³-hybridized carbons (Fsp3) is 0.333. The Morgan fingerprint density at radius 1 is 1.33 bits per heavy atom. The number of benzene rings is 1. The highest BCUT2D eigenvalue weighted by Gasteiger charge is 2.21. The van der Waals surface area contributed by atoms with Crippen molar-refractivity contribution in [1.29, 1.82) is 0 Å². The van der Waals surface area contributed by atoms with Crippen molar-refractivity contribution in [2.24, 2.45) is 0 Å². The van der Waals surface area contributed by atoms with Crippen LogP contribution in [0.5, 0.6) is 5.75 Å². The van der Waals surface area contributed by atoms with Gasteiger partial charge in [-0.3, -0.25) is 0 Å². The molecule has 6 heteroatoms. The third-order valence-electron chi connectivity index (χ3n) is 2.10. The maximum absolute atomic E-state index is 11.5. The zero-order chi connectivity index (χ0) is 13.4. The zero-order valence-corrected chi connectivity index (χ0v) is 11.0. The highest BCUT2D eigenvalue weighted by atomic mass is 32.2. The highest BCUT2D eigenvalue weighted by molar-refractivity contribution is 7.94. The lowest BCUT2D eigenvalue weighted by Crippen LogP contribution is -2.42. The average Bonchev–Trinajstić information content (AvgIpc) is 2.37. The Kier molecular flexibility index (Phi) is 6.07. The molecular weight excluding hydrogens is 254 g/mol. The van der Waals surface area contributed by atoms with Gasteiger partial charge >= 0.3 is 12.1 Å². The predicted octanol–water partition coefficient (Wildman–Crippen LogP) is 2.37. The van der Waals surface area contributed by atoms with Crippen LogP contribution in [0.2, 0.25) is 0 Å². The van der Waals surface area contributed by atoms with E-state index in [2.05, 4.69) is 5.32 Å². The molecule has 0 heterocycles. The number of nitrogens with one attached hydrogen (secondary N) is 1. The minimum Gasteiger partial charge on any atom is -0.410 e. The van der Waals surface area contributed by atoms with Gasteiger partial charge in [0.1, 0.15) is 11.8 Å². The Hall–Kier alpha value is -1.69. The van der Waals surface area contributed by atoms with Crippen LogP contribution in [-0.2, 0) is 8.98 Å². The molecule has 0 aromatic heterocycles. The Morgan fingerprint density at radius 2 is 2.00 bits per heavy atom. The average molecular weight is 269 g/mol. The van der Waals surface area contributed by atoms with E-state index >= 15 is 0 Å². The van der Waals surface area contributed by atoms with Crippen LogP contribution in [0.15, 0.2) is 30.3 Å². The molecule has 1 aromatic rings. The van der Waals surface area contributed by atoms with Crippen molar-refractivity contribution in [2.45, 2.75) is 19.4 Å². The lowest BCUT2D eigenvalue weighted by atomic mass is 10.2. The normalized spacial score (nSPS) is 11.4. The van der Waals surface area contributed by atoms with E-state index in [0.29, 0.717) is 12.2 Å². The lowest BCUT2D eigenvalue weighted by Gasteiger charge is -2.14. The van der Waals surface area contributed by atoms with E-state index in [1.807, 2.05) is 6.07 Å². The number of ether oxygens (including phenoxy) is 1. The Balaban J connectivity index is 2.50. The van der Waals surface area contributed by atoms with E-state index in [1.165, 1.54) is 0 Å². The minimum atomic E-state index is -0.700. The Bertz CT molecular complexity index is 396. The van der Waals surface area contributed by atoms with Gasteiger partial charge in [-0.1, -0.05) is 25.1 Å². The highest BCUT2D eigenvalue weighted by Crippen LogP contribution is 2.09. The maximum Gasteiger partial charge on any atom is 0.413 e. The van der Waals surface area contributed by atoms with Gasteiger partial charge in [0.25, 0.3) is 0 Å². The molecule has 0 radical (unpaired) electrons. The van der Waals surface area contributed by atoms with Crippen LogP contribution in [0.4, 0.5) is 4.79 Å². The Labute approximate surface area is 110 Å². The van der Waals surface area contributed by atoms with E-state index in [9.17, 15) is 9.59 Å². The van der Waals surface area contributed by atoms with Crippen LogP contribution < -0.4 is 10.1 Å². The number of para-hydroxylation sites is 1. The first kappa shape index (κ1) is 14.4. The van der Waals surface area contributed by atoms with Gasteiger partial charge < -0.3 is 14.2 Å². The molecule has 0 aliphatic heterocycles. The molecule has 0 aliphatic rings. The number of amides is 1. The van der Waals surface area contributed by atoms with Gasteiger partial charge in [0, 0.05) is 6.26 Å². The number of hydrogen-bond acceptors (Lipinski definition) is 5. The molecule has 1 unspecified atom stereocenters. The third kappa shape index (κ3) is 4.67. The summed E-state index contributed by atoms with van der Waals surface area (Å²) in [5, 5.41) is 2.45. The SMILES string of the molecule is CCC(NC(=O)Oc1ccccc1)C(=O)OSC. The fourth-order valence-corrected chi connectivity index (χ4v) is 1.52. The largest absolute Gasteiger partial charge is 0.413 e. The van der Waals surface area contributed by atoms with Crippen LogP contribution >= 0.6 is 12.0 Å². The molecule has 1 N–H and O–H groups in total. The molecule has 1 rings (SSSR count). The molecule has 0 saturated carbocycles. The summed E-state index contributed by atoms with van der Waals surface area (Å²) in [6, 6.07) is 7.93. The summed E-state index contributed by atoms with van der Waals surface area (Å²) in [6.45, 7) is 1.77. The summed E-state index contributed by atoms with van der Waals surface area (Å²) in [7, 11) is 0. The molecular formula is C12H15NO4S. The van der Waals surface area contributed by atoms with Gasteiger partial charge in [0.15, 0.2) is 0 Å². The van der Waals surface area contributed by atoms with Crippen molar-refractivity contribution in [3.63, 3.8) is 0 Å². The fourth-order valence-electron chi connectivity index (χ4n) is 1.24. The monoisotopic (exact) mass is 269 g/mol. The molecule has 0 fully saturated rings. The van der Waals surface area contributed by atoms with E-state index in [1.54, 1.807) is 37.4 Å². The number of hydrogen-bond donors (Lipinski definition) is 1. The van der Waals surface area contributed by atoms with Gasteiger partial charge in [-0.05, 0) is 18.6 Å². The minimum absolute atomic E-state index is 0.420. The summed E-state index contributed by atoms with van der Waals surface area (Å²) in [4.78, 5) is 23.0. The van der Waals surface area contributed by atoms with Crippen LogP contribution in [0.25, 0.3) is 0 Å². The van der Waals surface area contributed by atoms with Crippen molar-refractivity contribution in [1.82, 2.24) is 5.32 Å². The smallest absolute Gasteiger partial charge is 0.410 e. The van der Waals surface area contributed by atoms with E-state index in [4.69, 9.17) is 8.92 Å². The van der Waals surface area contributed by atoms with Crippen molar-refractivity contribution < 1.29 is 18.5 Å². The van der Waals surface area contributed by atoms with Crippen LogP contribution in [0.1, 0.15) is 13.3 Å². The first-order valence-electron chi connectivity index (χ1n) is 5.45. The Morgan fingerprint density at radius 3 is 2.56 bits per heavy atom. The maximum atomic E-state index is 11.5. The lowest BCUT2D eigenvalue weighted by molar-refractivity contribution is -0.135. The van der Waals surface area contributed by atoms with Crippen molar-refractivity contribution in [3.8, 4) is 5.75 Å². The summed E-state index contributed by atoms with van der Waals surface area (Å²) < 4.78 is 9.76. The van der Waals surface area contributed by atoms with Crippen LogP contribution in [-0.4, -0.2) is 24.4 Å². The second kappa shape index (κ2) is 7.60. The van der Waals surface area contributed by atoms with E-state index in [0.717, 1.165) is 12.0 Å².